The van der Waals surface area contributed by atoms with Crippen LogP contribution >= 0.6 is 0 Å². The molecule has 0 fully saturated rings. The van der Waals surface area contributed by atoms with Crippen molar-refractivity contribution >= 4 is 9.73 Å². The summed E-state index contributed by atoms with van der Waals surface area (Å²) in [6, 6.07) is 14.1. The second kappa shape index (κ2) is 5.20. The molecule has 0 amide bonds. The van der Waals surface area contributed by atoms with Crippen LogP contribution in [0.2, 0.25) is 0 Å². The molecule has 0 aromatic heterocycles. The molecule has 3 nitrogen and oxygen atoms in total. The third-order valence-electron chi connectivity index (χ3n) is 3.34. The van der Waals surface area contributed by atoms with Gasteiger partial charge in [0.15, 0.2) is 5.60 Å². The topological polar surface area (TPSA) is 61.1 Å². The van der Waals surface area contributed by atoms with Gasteiger partial charge in [0.05, 0.1) is 4.90 Å². The molecule has 0 heterocycles. The van der Waals surface area contributed by atoms with Crippen molar-refractivity contribution in [1.82, 2.24) is 0 Å². The minimum Gasteiger partial charge on any atom is -0.378 e. The summed E-state index contributed by atoms with van der Waals surface area (Å²) in [7, 11) is -4.53. The Kier molecular flexibility index (Phi) is 3.86. The minimum absolute atomic E-state index is 0.0918. The van der Waals surface area contributed by atoms with Gasteiger partial charge in [-0.3, -0.25) is 0 Å². The molecule has 2 aromatic rings. The van der Waals surface area contributed by atoms with E-state index in [1.807, 2.05) is 0 Å². The van der Waals surface area contributed by atoms with E-state index < -0.39 is 20.6 Å². The van der Waals surface area contributed by atoms with E-state index in [1.54, 1.807) is 12.1 Å². The molecule has 21 heavy (non-hydrogen) atoms. The summed E-state index contributed by atoms with van der Waals surface area (Å²) in [5.74, 6) is 0. The second-order valence-electron chi connectivity index (χ2n) is 4.82. The summed E-state index contributed by atoms with van der Waals surface area (Å²) in [4.78, 5) is -0.314. The number of hydrogen-bond acceptors (Lipinski definition) is 3. The van der Waals surface area contributed by atoms with Gasteiger partial charge in [0, 0.05) is 0 Å². The molecule has 0 aliphatic heterocycles. The van der Waals surface area contributed by atoms with Crippen LogP contribution in [0.15, 0.2) is 65.6 Å². The Morgan fingerprint density at radius 3 is 1.90 bits per heavy atom. The Morgan fingerprint density at radius 1 is 1.00 bits per heavy atom. The van der Waals surface area contributed by atoms with Crippen LogP contribution in [0.5, 0.6) is 0 Å². The summed E-state index contributed by atoms with van der Waals surface area (Å²) in [5.41, 5.74) is -2.81. The van der Waals surface area contributed by atoms with E-state index in [2.05, 4.69) is 0 Å². The third kappa shape index (κ3) is 2.45. The van der Waals surface area contributed by atoms with Gasteiger partial charge in [0.2, 0.25) is 0 Å². The zero-order valence-electron chi connectivity index (χ0n) is 11.3. The first-order chi connectivity index (χ1) is 9.71. The molecule has 0 aliphatic rings. The summed E-state index contributed by atoms with van der Waals surface area (Å²) in [6.07, 6.45) is 0. The number of benzene rings is 2. The van der Waals surface area contributed by atoms with Gasteiger partial charge in [-0.25, -0.2) is 8.99 Å². The minimum atomic E-state index is -4.53. The molecule has 0 saturated carbocycles. The number of nitrogens with one attached hydrogen (secondary N) is 1. The first-order valence-electron chi connectivity index (χ1n) is 6.20. The van der Waals surface area contributed by atoms with Crippen LogP contribution in [0.1, 0.15) is 12.5 Å². The van der Waals surface area contributed by atoms with Crippen molar-refractivity contribution in [2.45, 2.75) is 22.7 Å². The number of rotatable bonds is 4. The fourth-order valence-electron chi connectivity index (χ4n) is 1.97. The maximum atomic E-state index is 14.6. The lowest BCUT2D eigenvalue weighted by atomic mass is 9.96. The standard InChI is InChI=1S/C15H15F2NO2S/c1-14(19,12-8-4-2-5-9-12)15(16,17)21(18,20)13-10-6-3-7-11-13/h2-11,18-19H,1H3/t14-,21?/m0/s1. The number of alkyl halides is 2. The van der Waals surface area contributed by atoms with Gasteiger partial charge >= 0.3 is 5.25 Å². The highest BCUT2D eigenvalue weighted by Gasteiger charge is 2.58. The van der Waals surface area contributed by atoms with Gasteiger partial charge in [-0.15, -0.1) is 0 Å². The highest BCUT2D eigenvalue weighted by Crippen LogP contribution is 2.44. The largest absolute Gasteiger partial charge is 0.378 e. The Bertz CT molecular complexity index is 714. The maximum absolute atomic E-state index is 14.6. The SMILES string of the molecule is C[C@](O)(c1ccccc1)C(F)(F)S(=N)(=O)c1ccccc1. The molecule has 2 N–H and O–H groups in total. The second-order valence-corrected chi connectivity index (χ2v) is 6.92. The molecule has 0 saturated heterocycles. The molecule has 0 radical (unpaired) electrons. The predicted octanol–water partition coefficient (Wildman–Crippen LogP) is 3.59. The van der Waals surface area contributed by atoms with Crippen molar-refractivity contribution in [3.63, 3.8) is 0 Å². The van der Waals surface area contributed by atoms with E-state index in [-0.39, 0.29) is 10.5 Å². The van der Waals surface area contributed by atoms with E-state index >= 15 is 0 Å². The van der Waals surface area contributed by atoms with Crippen LogP contribution in [0, 0.1) is 4.78 Å². The van der Waals surface area contributed by atoms with E-state index in [0.29, 0.717) is 0 Å². The Morgan fingerprint density at radius 2 is 1.43 bits per heavy atom. The number of aliphatic hydroxyl groups is 1. The molecule has 1 unspecified atom stereocenters. The van der Waals surface area contributed by atoms with Gasteiger partial charge < -0.3 is 5.11 Å². The summed E-state index contributed by atoms with van der Waals surface area (Å²) >= 11 is 0. The van der Waals surface area contributed by atoms with Gasteiger partial charge in [0.25, 0.3) is 0 Å². The van der Waals surface area contributed by atoms with Crippen molar-refractivity contribution in [2.75, 3.05) is 0 Å². The fraction of sp³-hybridized carbons (Fsp3) is 0.200. The molecule has 6 heteroatoms. The summed E-state index contributed by atoms with van der Waals surface area (Å²) in [5, 5.41) is 6.11. The van der Waals surface area contributed by atoms with Crippen molar-refractivity contribution in [3.8, 4) is 0 Å². The molecule has 0 spiro atoms. The van der Waals surface area contributed by atoms with Crippen molar-refractivity contribution < 1.29 is 18.1 Å². The molecule has 2 aromatic carbocycles. The highest BCUT2D eigenvalue weighted by molar-refractivity contribution is 7.93. The molecule has 2 atom stereocenters. The number of hydrogen-bond donors (Lipinski definition) is 2. The molecule has 2 rings (SSSR count). The van der Waals surface area contributed by atoms with Gasteiger partial charge in [0.1, 0.15) is 9.73 Å². The average Bonchev–Trinajstić information content (AvgIpc) is 2.48. The van der Waals surface area contributed by atoms with Crippen LogP contribution in [-0.4, -0.2) is 14.6 Å². The fourth-order valence-corrected chi connectivity index (χ4v) is 3.48. The zero-order chi connectivity index (χ0) is 15.7. The van der Waals surface area contributed by atoms with Gasteiger partial charge in [-0.2, -0.15) is 8.78 Å². The maximum Gasteiger partial charge on any atom is 0.363 e. The third-order valence-corrected chi connectivity index (χ3v) is 5.39. The zero-order valence-corrected chi connectivity index (χ0v) is 12.1. The van der Waals surface area contributed by atoms with E-state index in [4.69, 9.17) is 4.78 Å². The molecule has 112 valence electrons. The smallest absolute Gasteiger partial charge is 0.363 e. The Hall–Kier alpha value is -1.79. The van der Waals surface area contributed by atoms with E-state index in [9.17, 15) is 18.1 Å². The van der Waals surface area contributed by atoms with Crippen LogP contribution in [0.3, 0.4) is 0 Å². The monoisotopic (exact) mass is 311 g/mol. The van der Waals surface area contributed by atoms with E-state index in [1.165, 1.54) is 48.5 Å². The first-order valence-corrected chi connectivity index (χ1v) is 7.76. The molecular formula is C15H15F2NO2S. The van der Waals surface area contributed by atoms with Crippen molar-refractivity contribution in [1.29, 1.82) is 4.78 Å². The Labute approximate surface area is 122 Å². The molecule has 0 bridgehead atoms. The molecule has 0 aliphatic carbocycles. The number of halogens is 2. The molecular weight excluding hydrogens is 296 g/mol. The van der Waals surface area contributed by atoms with Crippen LogP contribution < -0.4 is 0 Å². The summed E-state index contributed by atoms with van der Waals surface area (Å²) < 4.78 is 49.4. The van der Waals surface area contributed by atoms with Gasteiger partial charge in [-0.1, -0.05) is 48.5 Å². The predicted molar refractivity (Wildman–Crippen MR) is 76.5 cm³/mol. The van der Waals surface area contributed by atoms with Crippen LogP contribution in [0.25, 0.3) is 0 Å². The normalized spacial score (nSPS) is 17.7. The lowest BCUT2D eigenvalue weighted by molar-refractivity contribution is -0.118. The Balaban J connectivity index is 2.56. The van der Waals surface area contributed by atoms with Gasteiger partial charge in [-0.05, 0) is 24.6 Å². The highest BCUT2D eigenvalue weighted by atomic mass is 32.2. The lowest BCUT2D eigenvalue weighted by Crippen LogP contribution is -2.48. The quantitative estimate of drug-likeness (QED) is 0.906. The van der Waals surface area contributed by atoms with Crippen LogP contribution in [0.4, 0.5) is 8.78 Å². The average molecular weight is 311 g/mol. The van der Waals surface area contributed by atoms with Crippen molar-refractivity contribution in [3.05, 3.63) is 66.2 Å². The first kappa shape index (κ1) is 15.6. The van der Waals surface area contributed by atoms with E-state index in [0.717, 1.165) is 6.92 Å². The lowest BCUT2D eigenvalue weighted by Gasteiger charge is -2.34. The van der Waals surface area contributed by atoms with Crippen LogP contribution in [-0.2, 0) is 15.3 Å². The summed E-state index contributed by atoms with van der Waals surface area (Å²) in [6.45, 7) is 0.874. The van der Waals surface area contributed by atoms with Crippen molar-refractivity contribution in [2.24, 2.45) is 0 Å².